The number of benzene rings is 1. The smallest absolute Gasteiger partial charge is 0.229 e. The number of hydrogen-bond donors (Lipinski definition) is 1. The van der Waals surface area contributed by atoms with Crippen molar-refractivity contribution in [2.45, 2.75) is 20.3 Å². The van der Waals surface area contributed by atoms with Crippen LogP contribution in [-0.4, -0.2) is 25.3 Å². The van der Waals surface area contributed by atoms with Crippen LogP contribution < -0.4 is 14.8 Å². The molecule has 1 aromatic carbocycles. The molecule has 1 aromatic heterocycles. The molecule has 0 aliphatic heterocycles. The maximum absolute atomic E-state index is 12.1. The van der Waals surface area contributed by atoms with Crippen molar-refractivity contribution >= 4 is 11.6 Å². The van der Waals surface area contributed by atoms with Crippen LogP contribution in [0.3, 0.4) is 0 Å². The number of ether oxygens (including phenoxy) is 2. The Bertz CT molecular complexity index is 630. The van der Waals surface area contributed by atoms with Crippen molar-refractivity contribution in [1.82, 2.24) is 5.16 Å². The molecule has 0 radical (unpaired) electrons. The van der Waals surface area contributed by atoms with Gasteiger partial charge in [0.2, 0.25) is 5.91 Å². The molecule has 0 saturated heterocycles. The zero-order valence-electron chi connectivity index (χ0n) is 12.5. The van der Waals surface area contributed by atoms with E-state index in [4.69, 9.17) is 14.0 Å². The summed E-state index contributed by atoms with van der Waals surface area (Å²) < 4.78 is 15.4. The Labute approximate surface area is 123 Å². The molecule has 0 bridgehead atoms. The molecule has 0 saturated carbocycles. The van der Waals surface area contributed by atoms with Crippen LogP contribution in [-0.2, 0) is 11.2 Å². The van der Waals surface area contributed by atoms with Crippen molar-refractivity contribution in [3.63, 3.8) is 0 Å². The molecule has 1 N–H and O–H groups in total. The van der Waals surface area contributed by atoms with E-state index in [1.807, 2.05) is 6.92 Å². The molecule has 0 fully saturated rings. The van der Waals surface area contributed by atoms with Gasteiger partial charge < -0.3 is 19.3 Å². The molecular formula is C15H18N2O4. The fraction of sp³-hybridized carbons (Fsp3) is 0.333. The molecule has 0 atom stereocenters. The molecule has 0 aliphatic rings. The fourth-order valence-electron chi connectivity index (χ4n) is 2.03. The first kappa shape index (κ1) is 14.9. The molecule has 6 nitrogen and oxygen atoms in total. The van der Waals surface area contributed by atoms with E-state index in [9.17, 15) is 4.79 Å². The van der Waals surface area contributed by atoms with Crippen molar-refractivity contribution < 1.29 is 18.8 Å². The van der Waals surface area contributed by atoms with Crippen molar-refractivity contribution in [3.8, 4) is 11.5 Å². The Morgan fingerprint density at radius 3 is 2.52 bits per heavy atom. The maximum atomic E-state index is 12.1. The van der Waals surface area contributed by atoms with Crippen molar-refractivity contribution in [1.29, 1.82) is 0 Å². The van der Waals surface area contributed by atoms with Gasteiger partial charge in [-0.1, -0.05) is 5.16 Å². The summed E-state index contributed by atoms with van der Waals surface area (Å²) in [5.74, 6) is 1.69. The van der Waals surface area contributed by atoms with Gasteiger partial charge in [0, 0.05) is 17.3 Å². The van der Waals surface area contributed by atoms with E-state index in [1.54, 1.807) is 39.3 Å². The molecule has 0 spiro atoms. The van der Waals surface area contributed by atoms with E-state index in [2.05, 4.69) is 10.5 Å². The fourth-order valence-corrected chi connectivity index (χ4v) is 2.03. The van der Waals surface area contributed by atoms with Gasteiger partial charge in [0.1, 0.15) is 5.76 Å². The van der Waals surface area contributed by atoms with Gasteiger partial charge in [-0.2, -0.15) is 0 Å². The quantitative estimate of drug-likeness (QED) is 0.915. The number of aromatic nitrogens is 1. The largest absolute Gasteiger partial charge is 0.493 e. The Balaban J connectivity index is 2.09. The third-order valence-corrected chi connectivity index (χ3v) is 3.19. The molecule has 6 heteroatoms. The van der Waals surface area contributed by atoms with Crippen LogP contribution in [0, 0.1) is 13.8 Å². The highest BCUT2D eigenvalue weighted by atomic mass is 16.5. The number of rotatable bonds is 5. The van der Waals surface area contributed by atoms with Crippen LogP contribution in [0.2, 0.25) is 0 Å². The van der Waals surface area contributed by atoms with Crippen LogP contribution in [0.25, 0.3) is 0 Å². The molecule has 1 amide bonds. The maximum Gasteiger partial charge on any atom is 0.229 e. The van der Waals surface area contributed by atoms with E-state index >= 15 is 0 Å². The number of nitrogens with one attached hydrogen (secondary N) is 1. The monoisotopic (exact) mass is 290 g/mol. The Hall–Kier alpha value is -2.50. The standard InChI is InChI=1S/C15H18N2O4/c1-9-12(10(2)21-17-9)8-15(18)16-11-5-6-13(19-3)14(7-11)20-4/h5-7H,8H2,1-4H3,(H,16,18). The first-order valence-corrected chi connectivity index (χ1v) is 6.48. The summed E-state index contributed by atoms with van der Waals surface area (Å²) in [4.78, 5) is 12.1. The molecule has 2 rings (SSSR count). The van der Waals surface area contributed by atoms with E-state index in [0.29, 0.717) is 22.9 Å². The Kier molecular flexibility index (Phi) is 4.47. The number of methoxy groups -OCH3 is 2. The minimum absolute atomic E-state index is 0.142. The second-order valence-electron chi connectivity index (χ2n) is 4.60. The zero-order valence-corrected chi connectivity index (χ0v) is 12.5. The van der Waals surface area contributed by atoms with Gasteiger partial charge in [-0.3, -0.25) is 4.79 Å². The average Bonchev–Trinajstić information content (AvgIpc) is 2.79. The second kappa shape index (κ2) is 6.30. The molecule has 2 aromatic rings. The van der Waals surface area contributed by atoms with E-state index in [-0.39, 0.29) is 12.3 Å². The normalized spacial score (nSPS) is 10.3. The number of carbonyl (C=O) groups excluding carboxylic acids is 1. The molecule has 0 aliphatic carbocycles. The number of amides is 1. The third-order valence-electron chi connectivity index (χ3n) is 3.19. The van der Waals surface area contributed by atoms with E-state index in [0.717, 1.165) is 11.3 Å². The summed E-state index contributed by atoms with van der Waals surface area (Å²) in [5.41, 5.74) is 2.19. The highest BCUT2D eigenvalue weighted by molar-refractivity contribution is 5.92. The molecular weight excluding hydrogens is 272 g/mol. The predicted octanol–water partition coefficient (Wildman–Crippen LogP) is 2.49. The van der Waals surface area contributed by atoms with Gasteiger partial charge in [-0.05, 0) is 26.0 Å². The van der Waals surface area contributed by atoms with Gasteiger partial charge in [0.05, 0.1) is 26.3 Å². The summed E-state index contributed by atoms with van der Waals surface area (Å²) in [5, 5.41) is 6.65. The van der Waals surface area contributed by atoms with Crippen LogP contribution in [0.1, 0.15) is 17.0 Å². The van der Waals surface area contributed by atoms with Crippen LogP contribution in [0.15, 0.2) is 22.7 Å². The lowest BCUT2D eigenvalue weighted by Crippen LogP contribution is -2.15. The predicted molar refractivity (Wildman–Crippen MR) is 77.9 cm³/mol. The lowest BCUT2D eigenvalue weighted by Gasteiger charge is -2.10. The highest BCUT2D eigenvalue weighted by Gasteiger charge is 2.14. The minimum atomic E-state index is -0.142. The number of anilines is 1. The molecule has 0 unspecified atom stereocenters. The van der Waals surface area contributed by atoms with E-state index < -0.39 is 0 Å². The van der Waals surface area contributed by atoms with Crippen molar-refractivity contribution in [2.24, 2.45) is 0 Å². The summed E-state index contributed by atoms with van der Waals surface area (Å²) in [7, 11) is 3.11. The van der Waals surface area contributed by atoms with Gasteiger partial charge >= 0.3 is 0 Å². The minimum Gasteiger partial charge on any atom is -0.493 e. The molecule has 112 valence electrons. The van der Waals surface area contributed by atoms with Crippen LogP contribution in [0.4, 0.5) is 5.69 Å². The topological polar surface area (TPSA) is 73.6 Å². The van der Waals surface area contributed by atoms with Gasteiger partial charge in [0.25, 0.3) is 0 Å². The lowest BCUT2D eigenvalue weighted by atomic mass is 10.1. The lowest BCUT2D eigenvalue weighted by molar-refractivity contribution is -0.115. The zero-order chi connectivity index (χ0) is 15.4. The highest BCUT2D eigenvalue weighted by Crippen LogP contribution is 2.29. The summed E-state index contributed by atoms with van der Waals surface area (Å²) in [6, 6.07) is 5.21. The Morgan fingerprint density at radius 1 is 1.24 bits per heavy atom. The number of carbonyl (C=O) groups is 1. The number of nitrogens with zero attached hydrogens (tertiary/aromatic N) is 1. The summed E-state index contributed by atoms with van der Waals surface area (Å²) in [6.45, 7) is 3.61. The first-order chi connectivity index (χ1) is 10.0. The second-order valence-corrected chi connectivity index (χ2v) is 4.60. The average molecular weight is 290 g/mol. The van der Waals surface area contributed by atoms with Gasteiger partial charge in [-0.15, -0.1) is 0 Å². The van der Waals surface area contributed by atoms with Crippen LogP contribution >= 0.6 is 0 Å². The van der Waals surface area contributed by atoms with Crippen molar-refractivity contribution in [3.05, 3.63) is 35.2 Å². The summed E-state index contributed by atoms with van der Waals surface area (Å²) in [6.07, 6.45) is 0.218. The first-order valence-electron chi connectivity index (χ1n) is 6.48. The molecule has 21 heavy (non-hydrogen) atoms. The number of aryl methyl sites for hydroxylation is 2. The number of hydrogen-bond acceptors (Lipinski definition) is 5. The van der Waals surface area contributed by atoms with Gasteiger partial charge in [-0.25, -0.2) is 0 Å². The third kappa shape index (κ3) is 3.34. The van der Waals surface area contributed by atoms with E-state index in [1.165, 1.54) is 0 Å². The summed E-state index contributed by atoms with van der Waals surface area (Å²) >= 11 is 0. The molecule has 1 heterocycles. The Morgan fingerprint density at radius 2 is 1.95 bits per heavy atom. The SMILES string of the molecule is COc1ccc(NC(=O)Cc2c(C)noc2C)cc1OC. The van der Waals surface area contributed by atoms with Gasteiger partial charge in [0.15, 0.2) is 11.5 Å². The van der Waals surface area contributed by atoms with Crippen LogP contribution in [0.5, 0.6) is 11.5 Å². The van der Waals surface area contributed by atoms with Crippen molar-refractivity contribution in [2.75, 3.05) is 19.5 Å².